The molecule has 0 fully saturated rings. The Hall–Kier alpha value is -0.810. The van der Waals surface area contributed by atoms with Crippen LogP contribution < -0.4 is 10.6 Å². The number of hydrogen-bond acceptors (Lipinski definition) is 3. The van der Waals surface area contributed by atoms with Crippen molar-refractivity contribution >= 4 is 36.4 Å². The molecular formula is C14H25Cl2N3O. The van der Waals surface area contributed by atoms with E-state index in [0.29, 0.717) is 13.1 Å². The number of nitrogens with zero attached hydrogens (tertiary/aromatic N) is 2. The summed E-state index contributed by atoms with van der Waals surface area (Å²) in [7, 11) is 4.00. The van der Waals surface area contributed by atoms with E-state index in [1.807, 2.05) is 56.3 Å². The maximum absolute atomic E-state index is 12.3. The zero-order chi connectivity index (χ0) is 13.5. The van der Waals surface area contributed by atoms with Crippen LogP contribution in [0.4, 0.5) is 5.69 Å². The minimum Gasteiger partial charge on any atom is -0.330 e. The predicted molar refractivity (Wildman–Crippen MR) is 90.1 cm³/mol. The third-order valence-corrected chi connectivity index (χ3v) is 2.88. The highest BCUT2D eigenvalue weighted by Crippen LogP contribution is 2.15. The molecule has 0 spiro atoms. The molecule has 1 unspecified atom stereocenters. The molecule has 6 heteroatoms. The Kier molecular flexibility index (Phi) is 11.7. The molecule has 0 saturated carbocycles. The highest BCUT2D eigenvalue weighted by atomic mass is 35.5. The minimum absolute atomic E-state index is 0. The number of carbonyl (C=O) groups excluding carboxylic acids is 1. The quantitative estimate of drug-likeness (QED) is 0.872. The largest absolute Gasteiger partial charge is 0.330 e. The van der Waals surface area contributed by atoms with E-state index in [9.17, 15) is 4.79 Å². The predicted octanol–water partition coefficient (Wildman–Crippen LogP) is 2.02. The number of rotatable bonds is 6. The van der Waals surface area contributed by atoms with Crippen LogP contribution in [0.1, 0.15) is 6.92 Å². The number of carbonyl (C=O) groups is 1. The highest BCUT2D eigenvalue weighted by Gasteiger charge is 2.20. The first kappa shape index (κ1) is 21.5. The van der Waals surface area contributed by atoms with Crippen LogP contribution in [0.15, 0.2) is 30.3 Å². The van der Waals surface area contributed by atoms with Gasteiger partial charge < -0.3 is 15.5 Å². The number of halogens is 2. The molecule has 2 N–H and O–H groups in total. The second-order valence-electron chi connectivity index (χ2n) is 4.77. The van der Waals surface area contributed by atoms with Crippen LogP contribution in [0.3, 0.4) is 0 Å². The molecule has 0 aliphatic carbocycles. The van der Waals surface area contributed by atoms with Crippen molar-refractivity contribution in [2.45, 2.75) is 6.92 Å². The summed E-state index contributed by atoms with van der Waals surface area (Å²) >= 11 is 0. The highest BCUT2D eigenvalue weighted by molar-refractivity contribution is 5.94. The molecule has 0 aliphatic rings. The fraction of sp³-hybridized carbons (Fsp3) is 0.500. The fourth-order valence-corrected chi connectivity index (χ4v) is 1.64. The van der Waals surface area contributed by atoms with Gasteiger partial charge in [0.05, 0.1) is 0 Å². The fourth-order valence-electron chi connectivity index (χ4n) is 1.64. The van der Waals surface area contributed by atoms with Gasteiger partial charge in [-0.1, -0.05) is 25.1 Å². The van der Waals surface area contributed by atoms with E-state index in [1.165, 1.54) is 0 Å². The molecule has 1 atom stereocenters. The summed E-state index contributed by atoms with van der Waals surface area (Å²) in [4.78, 5) is 16.2. The standard InChI is InChI=1S/C14H23N3O.2ClH/c1-12(11-15)14(18)17(10-9-16(2)3)13-7-5-4-6-8-13;;/h4-8,12H,9-11,15H2,1-3H3;2*1H. The topological polar surface area (TPSA) is 49.6 Å². The SMILES string of the molecule is CC(CN)C(=O)N(CCN(C)C)c1ccccc1.Cl.Cl. The lowest BCUT2D eigenvalue weighted by Crippen LogP contribution is -2.41. The normalized spacial score (nSPS) is 11.2. The summed E-state index contributed by atoms with van der Waals surface area (Å²) in [5.41, 5.74) is 6.52. The average molecular weight is 322 g/mol. The van der Waals surface area contributed by atoms with Gasteiger partial charge in [0.2, 0.25) is 5.91 Å². The van der Waals surface area contributed by atoms with Crippen LogP contribution in [0, 0.1) is 5.92 Å². The Morgan fingerprint density at radius 1 is 1.15 bits per heavy atom. The summed E-state index contributed by atoms with van der Waals surface area (Å²) in [6.45, 7) is 3.76. The van der Waals surface area contributed by atoms with Crippen molar-refractivity contribution in [2.24, 2.45) is 11.7 Å². The van der Waals surface area contributed by atoms with Gasteiger partial charge in [0, 0.05) is 31.2 Å². The number of para-hydroxylation sites is 1. The molecule has 20 heavy (non-hydrogen) atoms. The summed E-state index contributed by atoms with van der Waals surface area (Å²) < 4.78 is 0. The monoisotopic (exact) mass is 321 g/mol. The van der Waals surface area contributed by atoms with Gasteiger partial charge >= 0.3 is 0 Å². The number of anilines is 1. The van der Waals surface area contributed by atoms with Gasteiger partial charge in [0.25, 0.3) is 0 Å². The van der Waals surface area contributed by atoms with Crippen molar-refractivity contribution < 1.29 is 4.79 Å². The van der Waals surface area contributed by atoms with Crippen LogP contribution in [0.25, 0.3) is 0 Å². The summed E-state index contributed by atoms with van der Waals surface area (Å²) in [6.07, 6.45) is 0. The molecule has 1 rings (SSSR count). The molecular weight excluding hydrogens is 297 g/mol. The van der Waals surface area contributed by atoms with Crippen LogP contribution in [-0.2, 0) is 4.79 Å². The second kappa shape index (κ2) is 10.9. The van der Waals surface area contributed by atoms with Gasteiger partial charge in [-0.2, -0.15) is 0 Å². The van der Waals surface area contributed by atoms with E-state index in [-0.39, 0.29) is 36.6 Å². The molecule has 0 saturated heterocycles. The van der Waals surface area contributed by atoms with Gasteiger partial charge in [-0.05, 0) is 26.2 Å². The van der Waals surface area contributed by atoms with Crippen LogP contribution in [0.5, 0.6) is 0 Å². The molecule has 0 aliphatic heterocycles. The molecule has 1 aromatic rings. The van der Waals surface area contributed by atoms with Gasteiger partial charge in [0.15, 0.2) is 0 Å². The summed E-state index contributed by atoms with van der Waals surface area (Å²) in [5, 5.41) is 0. The summed E-state index contributed by atoms with van der Waals surface area (Å²) in [5.74, 6) is -0.0575. The molecule has 0 bridgehead atoms. The number of amides is 1. The zero-order valence-corrected chi connectivity index (χ0v) is 13.9. The average Bonchev–Trinajstić information content (AvgIpc) is 2.38. The summed E-state index contributed by atoms with van der Waals surface area (Å²) in [6, 6.07) is 9.74. The number of benzene rings is 1. The van der Waals surface area contributed by atoms with E-state index in [1.54, 1.807) is 0 Å². The van der Waals surface area contributed by atoms with E-state index in [2.05, 4.69) is 4.90 Å². The Morgan fingerprint density at radius 3 is 2.15 bits per heavy atom. The molecule has 116 valence electrons. The van der Waals surface area contributed by atoms with Crippen LogP contribution >= 0.6 is 24.8 Å². The lowest BCUT2D eigenvalue weighted by molar-refractivity contribution is -0.121. The van der Waals surface area contributed by atoms with Gasteiger partial charge in [-0.25, -0.2) is 0 Å². The van der Waals surface area contributed by atoms with Crippen LogP contribution in [0.2, 0.25) is 0 Å². The van der Waals surface area contributed by atoms with Crippen molar-refractivity contribution in [3.63, 3.8) is 0 Å². The molecule has 0 heterocycles. The Morgan fingerprint density at radius 2 is 1.70 bits per heavy atom. The van der Waals surface area contributed by atoms with E-state index >= 15 is 0 Å². The van der Waals surface area contributed by atoms with Crippen molar-refractivity contribution in [2.75, 3.05) is 38.6 Å². The lowest BCUT2D eigenvalue weighted by atomic mass is 10.1. The molecule has 1 amide bonds. The molecule has 4 nitrogen and oxygen atoms in total. The van der Waals surface area contributed by atoms with Crippen LogP contribution in [-0.4, -0.2) is 44.5 Å². The van der Waals surface area contributed by atoms with Gasteiger partial charge in [-0.15, -0.1) is 24.8 Å². The Bertz CT molecular complexity index is 374. The number of likely N-dealkylation sites (N-methyl/N-ethyl adjacent to an activating group) is 1. The molecule has 0 radical (unpaired) electrons. The minimum atomic E-state index is -0.146. The van der Waals surface area contributed by atoms with Crippen molar-refractivity contribution in [3.8, 4) is 0 Å². The molecule has 1 aromatic carbocycles. The Labute approximate surface area is 134 Å². The van der Waals surface area contributed by atoms with Crippen molar-refractivity contribution in [3.05, 3.63) is 30.3 Å². The van der Waals surface area contributed by atoms with E-state index in [0.717, 1.165) is 12.2 Å². The van der Waals surface area contributed by atoms with E-state index < -0.39 is 0 Å². The first-order valence-corrected chi connectivity index (χ1v) is 6.27. The first-order valence-electron chi connectivity index (χ1n) is 6.27. The second-order valence-corrected chi connectivity index (χ2v) is 4.77. The maximum Gasteiger partial charge on any atom is 0.231 e. The first-order chi connectivity index (χ1) is 8.56. The van der Waals surface area contributed by atoms with Crippen molar-refractivity contribution in [1.29, 1.82) is 0 Å². The lowest BCUT2D eigenvalue weighted by Gasteiger charge is -2.26. The third-order valence-electron chi connectivity index (χ3n) is 2.88. The van der Waals surface area contributed by atoms with Gasteiger partial charge in [-0.3, -0.25) is 4.79 Å². The third kappa shape index (κ3) is 6.57. The van der Waals surface area contributed by atoms with Gasteiger partial charge in [0.1, 0.15) is 0 Å². The van der Waals surface area contributed by atoms with E-state index in [4.69, 9.17) is 5.73 Å². The van der Waals surface area contributed by atoms with Crippen molar-refractivity contribution in [1.82, 2.24) is 4.90 Å². The Balaban J connectivity index is 0. The zero-order valence-electron chi connectivity index (χ0n) is 12.3. The maximum atomic E-state index is 12.3. The smallest absolute Gasteiger partial charge is 0.231 e. The number of hydrogen-bond donors (Lipinski definition) is 1. The molecule has 0 aromatic heterocycles. The number of nitrogens with two attached hydrogens (primary N) is 1.